The molecule has 3 heterocycles. The van der Waals surface area contributed by atoms with Crippen LogP contribution < -0.4 is 4.90 Å². The number of fused-ring (bicyclic) bond motifs is 2. The molecule has 1 atom stereocenters. The van der Waals surface area contributed by atoms with Crippen molar-refractivity contribution in [1.82, 2.24) is 4.98 Å². The molecular formula is C28H18Cl2N2O4S. The molecule has 0 saturated heterocycles. The molecular weight excluding hydrogens is 531 g/mol. The molecule has 37 heavy (non-hydrogen) atoms. The van der Waals surface area contributed by atoms with Crippen molar-refractivity contribution >= 4 is 72.5 Å². The van der Waals surface area contributed by atoms with Gasteiger partial charge in [0.1, 0.15) is 5.58 Å². The Hall–Kier alpha value is -3.65. The summed E-state index contributed by atoms with van der Waals surface area (Å²) in [6.45, 7) is 3.94. The Labute approximate surface area is 225 Å². The van der Waals surface area contributed by atoms with Crippen LogP contribution in [0.3, 0.4) is 0 Å². The standard InChI is InChI=1S/C28H18Cl2N2O4S/c1-13-9-14(2)23-21(10-13)37-28(31-23)32-24(16-7-8-17(29)18(30)11-16)22(26(34)27(32)35)25(33)20-12-15-5-3-4-6-19(15)36-20/h3-12,24,34H,1-2H3. The van der Waals surface area contributed by atoms with Gasteiger partial charge in [0.15, 0.2) is 16.7 Å². The largest absolute Gasteiger partial charge is 0.503 e. The lowest BCUT2D eigenvalue weighted by Crippen LogP contribution is -2.31. The summed E-state index contributed by atoms with van der Waals surface area (Å²) in [5.41, 5.74) is 3.69. The van der Waals surface area contributed by atoms with Crippen LogP contribution in [0.5, 0.6) is 0 Å². The van der Waals surface area contributed by atoms with Crippen LogP contribution >= 0.6 is 34.5 Å². The molecule has 0 aliphatic carbocycles. The van der Waals surface area contributed by atoms with Crippen molar-refractivity contribution in [1.29, 1.82) is 0 Å². The fourth-order valence-corrected chi connectivity index (χ4v) is 6.20. The molecule has 0 bridgehead atoms. The first-order chi connectivity index (χ1) is 17.7. The van der Waals surface area contributed by atoms with Gasteiger partial charge in [-0.05, 0) is 60.9 Å². The zero-order valence-electron chi connectivity index (χ0n) is 19.6. The van der Waals surface area contributed by atoms with Gasteiger partial charge in [0.2, 0.25) is 5.78 Å². The van der Waals surface area contributed by atoms with Crippen LogP contribution in [-0.2, 0) is 4.79 Å². The van der Waals surface area contributed by atoms with Crippen molar-refractivity contribution < 1.29 is 19.1 Å². The third-order valence-corrected chi connectivity index (χ3v) is 8.13. The molecule has 1 N–H and O–H groups in total. The van der Waals surface area contributed by atoms with E-state index in [9.17, 15) is 14.7 Å². The van der Waals surface area contributed by atoms with Crippen molar-refractivity contribution in [3.63, 3.8) is 0 Å². The number of para-hydroxylation sites is 1. The fraction of sp³-hybridized carbons (Fsp3) is 0.107. The van der Waals surface area contributed by atoms with E-state index in [4.69, 9.17) is 32.6 Å². The van der Waals surface area contributed by atoms with Gasteiger partial charge in [-0.1, -0.05) is 64.9 Å². The number of ketones is 1. The van der Waals surface area contributed by atoms with Crippen molar-refractivity contribution in [2.75, 3.05) is 4.90 Å². The van der Waals surface area contributed by atoms with E-state index in [1.165, 1.54) is 16.2 Å². The molecule has 1 aliphatic rings. The first-order valence-electron chi connectivity index (χ1n) is 11.4. The van der Waals surface area contributed by atoms with E-state index >= 15 is 0 Å². The van der Waals surface area contributed by atoms with Gasteiger partial charge in [-0.3, -0.25) is 14.5 Å². The molecule has 9 heteroatoms. The lowest BCUT2D eigenvalue weighted by Gasteiger charge is -2.24. The highest BCUT2D eigenvalue weighted by atomic mass is 35.5. The molecule has 6 nitrogen and oxygen atoms in total. The second-order valence-electron chi connectivity index (χ2n) is 8.92. The molecule has 6 rings (SSSR count). The molecule has 5 aromatic rings. The van der Waals surface area contributed by atoms with Crippen molar-refractivity contribution in [3.05, 3.63) is 104 Å². The van der Waals surface area contributed by atoms with E-state index in [1.807, 2.05) is 38.1 Å². The first kappa shape index (κ1) is 23.7. The molecule has 1 aliphatic heterocycles. The number of hydrogen-bond donors (Lipinski definition) is 1. The first-order valence-corrected chi connectivity index (χ1v) is 12.9. The number of hydrogen-bond acceptors (Lipinski definition) is 6. The highest BCUT2D eigenvalue weighted by Crippen LogP contribution is 2.45. The molecule has 3 aromatic carbocycles. The third-order valence-electron chi connectivity index (χ3n) is 6.39. The summed E-state index contributed by atoms with van der Waals surface area (Å²) in [4.78, 5) is 33.4. The summed E-state index contributed by atoms with van der Waals surface area (Å²) in [6, 6.07) is 16.6. The number of anilines is 1. The minimum absolute atomic E-state index is 0.0122. The van der Waals surface area contributed by atoms with Crippen molar-refractivity contribution in [2.45, 2.75) is 19.9 Å². The number of benzene rings is 3. The maximum Gasteiger partial charge on any atom is 0.296 e. The van der Waals surface area contributed by atoms with Crippen molar-refractivity contribution in [2.24, 2.45) is 0 Å². The van der Waals surface area contributed by atoms with E-state index in [0.717, 1.165) is 26.7 Å². The van der Waals surface area contributed by atoms with Crippen molar-refractivity contribution in [3.8, 4) is 0 Å². The fourth-order valence-electron chi connectivity index (χ4n) is 4.72. The summed E-state index contributed by atoms with van der Waals surface area (Å²) in [5.74, 6) is -1.98. The minimum atomic E-state index is -0.995. The zero-order valence-corrected chi connectivity index (χ0v) is 21.9. The van der Waals surface area contributed by atoms with Crippen LogP contribution in [0.2, 0.25) is 10.0 Å². The molecule has 0 fully saturated rings. The van der Waals surface area contributed by atoms with Crippen LogP contribution in [0, 0.1) is 13.8 Å². The second kappa shape index (κ2) is 8.73. The quantitative estimate of drug-likeness (QED) is 0.232. The number of amides is 1. The van der Waals surface area contributed by atoms with Crippen LogP contribution in [-0.4, -0.2) is 21.8 Å². The smallest absolute Gasteiger partial charge is 0.296 e. The van der Waals surface area contributed by atoms with E-state index < -0.39 is 23.5 Å². The zero-order chi connectivity index (χ0) is 26.0. The summed E-state index contributed by atoms with van der Waals surface area (Å²) in [6.07, 6.45) is 0. The maximum atomic E-state index is 13.8. The lowest BCUT2D eigenvalue weighted by molar-refractivity contribution is -0.117. The van der Waals surface area contributed by atoms with Gasteiger partial charge in [-0.25, -0.2) is 4.98 Å². The number of aliphatic hydroxyl groups excluding tert-OH is 1. The highest BCUT2D eigenvalue weighted by molar-refractivity contribution is 7.22. The van der Waals surface area contributed by atoms with Crippen LogP contribution in [0.25, 0.3) is 21.2 Å². The summed E-state index contributed by atoms with van der Waals surface area (Å²) < 4.78 is 6.68. The number of rotatable bonds is 4. The normalized spacial score (nSPS) is 15.9. The van der Waals surface area contributed by atoms with Gasteiger partial charge < -0.3 is 9.52 Å². The summed E-state index contributed by atoms with van der Waals surface area (Å²) >= 11 is 13.8. The Morgan fingerprint density at radius 1 is 1.05 bits per heavy atom. The van der Waals surface area contributed by atoms with E-state index in [-0.39, 0.29) is 16.4 Å². The number of carbonyl (C=O) groups is 2. The van der Waals surface area contributed by atoms with Gasteiger partial charge in [0.25, 0.3) is 5.91 Å². The molecule has 0 saturated carbocycles. The molecule has 0 spiro atoms. The number of aliphatic hydroxyl groups is 1. The number of furan rings is 1. The Bertz CT molecular complexity index is 1770. The van der Waals surface area contributed by atoms with Gasteiger partial charge in [0, 0.05) is 5.39 Å². The number of Topliss-reactive ketones (excluding diaryl/α,β-unsaturated/α-hetero) is 1. The Morgan fingerprint density at radius 3 is 2.59 bits per heavy atom. The average Bonchev–Trinajstić information content (AvgIpc) is 3.55. The number of nitrogens with zero attached hydrogens (tertiary/aromatic N) is 2. The molecule has 1 unspecified atom stereocenters. The second-order valence-corrected chi connectivity index (χ2v) is 10.7. The van der Waals surface area contributed by atoms with Gasteiger partial charge in [0.05, 0.1) is 31.9 Å². The maximum absolute atomic E-state index is 13.8. The van der Waals surface area contributed by atoms with E-state index in [0.29, 0.717) is 21.3 Å². The van der Waals surface area contributed by atoms with E-state index in [1.54, 1.807) is 36.4 Å². The molecule has 0 radical (unpaired) electrons. The SMILES string of the molecule is Cc1cc(C)c2nc(N3C(=O)C(O)=C(C(=O)c4cc5ccccc5o4)C3c3ccc(Cl)c(Cl)c3)sc2c1. The highest BCUT2D eigenvalue weighted by Gasteiger charge is 2.46. The predicted molar refractivity (Wildman–Crippen MR) is 146 cm³/mol. The summed E-state index contributed by atoms with van der Waals surface area (Å²) in [7, 11) is 0. The van der Waals surface area contributed by atoms with Crippen LogP contribution in [0.1, 0.15) is 33.3 Å². The number of aromatic nitrogens is 1. The van der Waals surface area contributed by atoms with Crippen LogP contribution in [0.15, 0.2) is 76.4 Å². The monoisotopic (exact) mass is 548 g/mol. The Kier molecular flexibility index (Phi) is 5.60. The minimum Gasteiger partial charge on any atom is -0.503 e. The van der Waals surface area contributed by atoms with Gasteiger partial charge in [-0.15, -0.1) is 0 Å². The number of aryl methyl sites for hydroxylation is 2. The number of halogens is 2. The van der Waals surface area contributed by atoms with E-state index in [2.05, 4.69) is 0 Å². The molecule has 2 aromatic heterocycles. The number of thiazole rings is 1. The van der Waals surface area contributed by atoms with Crippen LogP contribution in [0.4, 0.5) is 5.13 Å². The number of carbonyl (C=O) groups excluding carboxylic acids is 2. The lowest BCUT2D eigenvalue weighted by atomic mass is 9.95. The molecule has 1 amide bonds. The van der Waals surface area contributed by atoms with Gasteiger partial charge in [-0.2, -0.15) is 0 Å². The Balaban J connectivity index is 1.54. The summed E-state index contributed by atoms with van der Waals surface area (Å²) in [5, 5.41) is 12.7. The van der Waals surface area contributed by atoms with Gasteiger partial charge >= 0.3 is 0 Å². The Morgan fingerprint density at radius 2 is 1.84 bits per heavy atom. The average molecular weight is 549 g/mol. The third kappa shape index (κ3) is 3.82. The molecule has 184 valence electrons. The predicted octanol–water partition coefficient (Wildman–Crippen LogP) is 7.75. The topological polar surface area (TPSA) is 83.6 Å².